The van der Waals surface area contributed by atoms with Crippen molar-refractivity contribution in [2.45, 2.75) is 13.8 Å². The Morgan fingerprint density at radius 2 is 1.75 bits per heavy atom. The quantitative estimate of drug-likeness (QED) is 0.760. The first-order chi connectivity index (χ1) is 11.3. The van der Waals surface area contributed by atoms with Crippen molar-refractivity contribution >= 4 is 23.5 Å². The van der Waals surface area contributed by atoms with Crippen LogP contribution in [0.5, 0.6) is 0 Å². The molecule has 0 fully saturated rings. The second-order valence-corrected chi connectivity index (χ2v) is 5.28. The lowest BCUT2D eigenvalue weighted by molar-refractivity contribution is -0.135. The van der Waals surface area contributed by atoms with E-state index in [1.165, 1.54) is 12.1 Å². The second kappa shape index (κ2) is 6.95. The Hall–Kier alpha value is -3.16. The normalized spacial score (nSPS) is 10.3. The van der Waals surface area contributed by atoms with E-state index in [2.05, 4.69) is 15.7 Å². The molecular weight excluding hydrogens is 312 g/mol. The van der Waals surface area contributed by atoms with Gasteiger partial charge < -0.3 is 15.7 Å². The summed E-state index contributed by atoms with van der Waals surface area (Å²) in [5.74, 6) is -1.88. The van der Waals surface area contributed by atoms with E-state index in [1.807, 2.05) is 6.92 Å². The number of hydrogen-bond acceptors (Lipinski definition) is 4. The molecule has 3 N–H and O–H groups in total. The Morgan fingerprint density at radius 3 is 2.25 bits per heavy atom. The minimum absolute atomic E-state index is 0.277. The molecule has 0 spiro atoms. The Kier molecular flexibility index (Phi) is 4.98. The Bertz CT molecular complexity index is 793. The largest absolute Gasteiger partial charge is 0.480 e. The average molecular weight is 330 g/mol. The Labute approximate surface area is 138 Å². The van der Waals surface area contributed by atoms with E-state index in [0.29, 0.717) is 22.5 Å². The van der Waals surface area contributed by atoms with Crippen molar-refractivity contribution in [3.05, 3.63) is 46.8 Å². The number of carboxylic acids is 1. The molecule has 0 saturated carbocycles. The molecule has 0 atom stereocenters. The highest BCUT2D eigenvalue weighted by atomic mass is 16.4. The summed E-state index contributed by atoms with van der Waals surface area (Å²) in [6, 6.07) is 6.18. The number of nitrogens with zero attached hydrogens (tertiary/aromatic N) is 2. The first kappa shape index (κ1) is 17.2. The molecule has 24 heavy (non-hydrogen) atoms. The van der Waals surface area contributed by atoms with Gasteiger partial charge in [0.05, 0.1) is 11.3 Å². The number of carbonyl (C=O) groups is 3. The molecule has 8 nitrogen and oxygen atoms in total. The van der Waals surface area contributed by atoms with Gasteiger partial charge in [-0.25, -0.2) is 0 Å². The van der Waals surface area contributed by atoms with Gasteiger partial charge in [0, 0.05) is 24.0 Å². The van der Waals surface area contributed by atoms with Crippen LogP contribution in [-0.2, 0) is 11.8 Å². The molecular formula is C16H18N4O4. The van der Waals surface area contributed by atoms with Crippen molar-refractivity contribution < 1.29 is 19.5 Å². The van der Waals surface area contributed by atoms with Crippen LogP contribution in [0.1, 0.15) is 32.1 Å². The van der Waals surface area contributed by atoms with Gasteiger partial charge in [-0.2, -0.15) is 5.10 Å². The summed E-state index contributed by atoms with van der Waals surface area (Å²) in [4.78, 5) is 34.5. The molecule has 1 aromatic heterocycles. The summed E-state index contributed by atoms with van der Waals surface area (Å²) in [6.45, 7) is 3.12. The lowest BCUT2D eigenvalue weighted by atomic mass is 10.1. The molecule has 1 aromatic carbocycles. The van der Waals surface area contributed by atoms with E-state index >= 15 is 0 Å². The molecule has 2 aromatic rings. The third-order valence-corrected chi connectivity index (χ3v) is 3.54. The van der Waals surface area contributed by atoms with Gasteiger partial charge in [0.2, 0.25) is 0 Å². The third kappa shape index (κ3) is 3.78. The molecule has 0 aliphatic heterocycles. The zero-order valence-electron chi connectivity index (χ0n) is 13.6. The smallest absolute Gasteiger partial charge is 0.322 e. The number of rotatable bonds is 5. The maximum absolute atomic E-state index is 12.4. The first-order valence-electron chi connectivity index (χ1n) is 7.21. The van der Waals surface area contributed by atoms with Crippen LogP contribution < -0.4 is 10.6 Å². The summed E-state index contributed by atoms with van der Waals surface area (Å²) in [6.07, 6.45) is 0. The number of hydrogen-bond donors (Lipinski definition) is 3. The molecule has 126 valence electrons. The van der Waals surface area contributed by atoms with Crippen molar-refractivity contribution in [1.82, 2.24) is 15.1 Å². The highest BCUT2D eigenvalue weighted by Gasteiger charge is 2.17. The molecule has 2 rings (SSSR count). The predicted octanol–water partition coefficient (Wildman–Crippen LogP) is 1.10. The molecule has 0 saturated heterocycles. The van der Waals surface area contributed by atoms with Crippen LogP contribution in [0.2, 0.25) is 0 Å². The predicted molar refractivity (Wildman–Crippen MR) is 87.0 cm³/mol. The zero-order valence-corrected chi connectivity index (χ0v) is 13.6. The van der Waals surface area contributed by atoms with Gasteiger partial charge in [0.1, 0.15) is 6.54 Å². The number of aliphatic carboxylic acids is 1. The van der Waals surface area contributed by atoms with Crippen molar-refractivity contribution in [3.8, 4) is 0 Å². The molecule has 0 unspecified atom stereocenters. The number of aryl methyl sites for hydroxylation is 2. The van der Waals surface area contributed by atoms with Crippen LogP contribution in [0.25, 0.3) is 0 Å². The average Bonchev–Trinajstić information content (AvgIpc) is 2.78. The molecule has 0 aliphatic carbocycles. The first-order valence-corrected chi connectivity index (χ1v) is 7.21. The molecule has 2 amide bonds. The summed E-state index contributed by atoms with van der Waals surface area (Å²) in [5, 5.41) is 17.8. The summed E-state index contributed by atoms with van der Waals surface area (Å²) in [5.41, 5.74) is 2.74. The van der Waals surface area contributed by atoms with Crippen molar-refractivity contribution in [2.24, 2.45) is 7.05 Å². The number of carboxylic acid groups (broad SMARTS) is 1. The SMILES string of the molecule is Cc1nn(C)c(C)c1C(=O)Nc1ccc(C(=O)NCC(=O)O)cc1. The standard InChI is InChI=1S/C16H18N4O4/c1-9-14(10(2)20(3)19-9)16(24)18-12-6-4-11(5-7-12)15(23)17-8-13(21)22/h4-7H,8H2,1-3H3,(H,17,23)(H,18,24)(H,21,22). The van der Waals surface area contributed by atoms with E-state index in [9.17, 15) is 14.4 Å². The summed E-state index contributed by atoms with van der Waals surface area (Å²) >= 11 is 0. The number of aromatic nitrogens is 2. The van der Waals surface area contributed by atoms with Gasteiger partial charge in [0.15, 0.2) is 0 Å². The fraction of sp³-hybridized carbons (Fsp3) is 0.250. The van der Waals surface area contributed by atoms with Gasteiger partial charge in [-0.15, -0.1) is 0 Å². The Balaban J connectivity index is 2.07. The number of carbonyl (C=O) groups excluding carboxylic acids is 2. The fourth-order valence-electron chi connectivity index (χ4n) is 2.26. The van der Waals surface area contributed by atoms with Gasteiger partial charge in [-0.1, -0.05) is 0 Å². The minimum Gasteiger partial charge on any atom is -0.480 e. The lowest BCUT2D eigenvalue weighted by Gasteiger charge is -2.07. The van der Waals surface area contributed by atoms with Crippen LogP contribution in [0.15, 0.2) is 24.3 Å². The van der Waals surface area contributed by atoms with Gasteiger partial charge >= 0.3 is 5.97 Å². The molecule has 1 heterocycles. The van der Waals surface area contributed by atoms with Gasteiger partial charge in [0.25, 0.3) is 11.8 Å². The number of nitrogens with one attached hydrogen (secondary N) is 2. The molecule has 0 bridgehead atoms. The maximum atomic E-state index is 12.4. The maximum Gasteiger partial charge on any atom is 0.322 e. The highest BCUT2D eigenvalue weighted by molar-refractivity contribution is 6.06. The number of anilines is 1. The van der Waals surface area contributed by atoms with E-state index in [-0.39, 0.29) is 5.91 Å². The Morgan fingerprint density at radius 1 is 1.12 bits per heavy atom. The van der Waals surface area contributed by atoms with Crippen LogP contribution in [0, 0.1) is 13.8 Å². The fourth-order valence-corrected chi connectivity index (χ4v) is 2.26. The number of benzene rings is 1. The minimum atomic E-state index is -1.12. The number of amides is 2. The van der Waals surface area contributed by atoms with Crippen molar-refractivity contribution in [1.29, 1.82) is 0 Å². The molecule has 8 heteroatoms. The van der Waals surface area contributed by atoms with Crippen LogP contribution in [0.3, 0.4) is 0 Å². The van der Waals surface area contributed by atoms with Crippen LogP contribution in [-0.4, -0.2) is 39.2 Å². The van der Waals surface area contributed by atoms with E-state index < -0.39 is 18.4 Å². The summed E-state index contributed by atoms with van der Waals surface area (Å²) in [7, 11) is 1.77. The summed E-state index contributed by atoms with van der Waals surface area (Å²) < 4.78 is 1.64. The van der Waals surface area contributed by atoms with E-state index in [1.54, 1.807) is 30.8 Å². The van der Waals surface area contributed by atoms with E-state index in [0.717, 1.165) is 5.69 Å². The highest BCUT2D eigenvalue weighted by Crippen LogP contribution is 2.16. The second-order valence-electron chi connectivity index (χ2n) is 5.28. The molecule has 0 radical (unpaired) electrons. The van der Waals surface area contributed by atoms with Gasteiger partial charge in [-0.3, -0.25) is 19.1 Å². The topological polar surface area (TPSA) is 113 Å². The third-order valence-electron chi connectivity index (χ3n) is 3.54. The van der Waals surface area contributed by atoms with Crippen LogP contribution >= 0.6 is 0 Å². The van der Waals surface area contributed by atoms with Crippen molar-refractivity contribution in [2.75, 3.05) is 11.9 Å². The van der Waals surface area contributed by atoms with Crippen LogP contribution in [0.4, 0.5) is 5.69 Å². The molecule has 0 aliphatic rings. The van der Waals surface area contributed by atoms with Gasteiger partial charge in [-0.05, 0) is 38.1 Å². The van der Waals surface area contributed by atoms with Crippen molar-refractivity contribution in [3.63, 3.8) is 0 Å². The monoisotopic (exact) mass is 330 g/mol. The lowest BCUT2D eigenvalue weighted by Crippen LogP contribution is -2.29. The zero-order chi connectivity index (χ0) is 17.9. The van der Waals surface area contributed by atoms with E-state index in [4.69, 9.17) is 5.11 Å².